The van der Waals surface area contributed by atoms with Crippen LogP contribution >= 0.6 is 0 Å². The number of carbonyl (C=O) groups is 1. The first-order valence-corrected chi connectivity index (χ1v) is 7.66. The number of nitrogens with zero attached hydrogens (tertiary/aromatic N) is 6. The maximum Gasteiger partial charge on any atom is 0.352 e. The van der Waals surface area contributed by atoms with Crippen molar-refractivity contribution in [1.29, 1.82) is 0 Å². The number of unbranched alkanes of at least 4 members (excludes halogenated alkanes) is 2. The number of rotatable bonds is 7. The van der Waals surface area contributed by atoms with E-state index in [0.29, 0.717) is 13.1 Å². The van der Waals surface area contributed by atoms with Gasteiger partial charge in [-0.2, -0.15) is 4.68 Å². The lowest BCUT2D eigenvalue weighted by molar-refractivity contribution is 0.0747. The molecule has 0 saturated carbocycles. The first kappa shape index (κ1) is 16.1. The lowest BCUT2D eigenvalue weighted by atomic mass is 10.2. The van der Waals surface area contributed by atoms with E-state index in [1.54, 1.807) is 4.90 Å². The van der Waals surface area contributed by atoms with Crippen LogP contribution in [0.4, 0.5) is 0 Å². The average molecular weight is 306 g/mol. The first-order chi connectivity index (χ1) is 10.6. The molecule has 0 N–H and O–H groups in total. The van der Waals surface area contributed by atoms with Gasteiger partial charge >= 0.3 is 5.69 Å². The minimum absolute atomic E-state index is 0.188. The molecular formula is C14H22N6O2. The highest BCUT2D eigenvalue weighted by molar-refractivity contribution is 5.97. The number of imidazole rings is 1. The molecule has 2 aromatic rings. The summed E-state index contributed by atoms with van der Waals surface area (Å²) in [5, 5.41) is 7.66. The highest BCUT2D eigenvalue weighted by atomic mass is 16.2. The van der Waals surface area contributed by atoms with Gasteiger partial charge in [0.2, 0.25) is 0 Å². The van der Waals surface area contributed by atoms with Crippen LogP contribution < -0.4 is 5.69 Å². The smallest absolute Gasteiger partial charge is 0.337 e. The van der Waals surface area contributed by atoms with Crippen molar-refractivity contribution < 1.29 is 4.79 Å². The molecule has 0 radical (unpaired) electrons. The van der Waals surface area contributed by atoms with Gasteiger partial charge in [0.05, 0.1) is 0 Å². The number of hydrogen-bond donors (Lipinski definition) is 0. The van der Waals surface area contributed by atoms with Crippen molar-refractivity contribution >= 4 is 11.6 Å². The third-order valence-corrected chi connectivity index (χ3v) is 3.55. The van der Waals surface area contributed by atoms with E-state index in [1.165, 1.54) is 17.8 Å². The van der Waals surface area contributed by atoms with E-state index in [0.717, 1.165) is 30.4 Å². The summed E-state index contributed by atoms with van der Waals surface area (Å²) in [4.78, 5) is 30.5. The Kier molecular flexibility index (Phi) is 5.24. The number of aryl methyl sites for hydroxylation is 1. The molecule has 8 nitrogen and oxygen atoms in total. The first-order valence-electron chi connectivity index (χ1n) is 7.66. The summed E-state index contributed by atoms with van der Waals surface area (Å²) in [6.07, 6.45) is 5.24. The highest BCUT2D eigenvalue weighted by Crippen LogP contribution is 2.09. The van der Waals surface area contributed by atoms with Crippen molar-refractivity contribution in [3.8, 4) is 0 Å². The van der Waals surface area contributed by atoms with Crippen molar-refractivity contribution in [2.24, 2.45) is 7.05 Å². The Morgan fingerprint density at radius 1 is 1.23 bits per heavy atom. The maximum absolute atomic E-state index is 12.7. The van der Waals surface area contributed by atoms with Crippen LogP contribution in [0, 0.1) is 0 Å². The minimum atomic E-state index is -0.370. The zero-order valence-corrected chi connectivity index (χ0v) is 13.3. The summed E-state index contributed by atoms with van der Waals surface area (Å²) in [5.74, 6) is -0.188. The van der Waals surface area contributed by atoms with Gasteiger partial charge in [0, 0.05) is 20.1 Å². The Bertz CT molecular complexity index is 697. The van der Waals surface area contributed by atoms with Crippen LogP contribution in [0.2, 0.25) is 0 Å². The van der Waals surface area contributed by atoms with Gasteiger partial charge in [-0.1, -0.05) is 31.9 Å². The van der Waals surface area contributed by atoms with E-state index in [-0.39, 0.29) is 22.9 Å². The average Bonchev–Trinajstić information content (AvgIpc) is 2.95. The molecule has 2 aromatic heterocycles. The van der Waals surface area contributed by atoms with Gasteiger partial charge in [0.25, 0.3) is 5.91 Å². The molecular weight excluding hydrogens is 284 g/mol. The molecule has 0 unspecified atom stereocenters. The monoisotopic (exact) mass is 306 g/mol. The quantitative estimate of drug-likeness (QED) is 0.757. The predicted octanol–water partition coefficient (Wildman–Crippen LogP) is 0.865. The molecule has 120 valence electrons. The van der Waals surface area contributed by atoms with Gasteiger partial charge in [-0.15, -0.1) is 5.10 Å². The SMILES string of the molecule is CCCCN(CCCC)C(=O)c1ncn2c(=O)n(C)nnc12. The van der Waals surface area contributed by atoms with E-state index >= 15 is 0 Å². The Hall–Kier alpha value is -2.25. The third kappa shape index (κ3) is 3.15. The van der Waals surface area contributed by atoms with Gasteiger partial charge in [-0.05, 0) is 12.8 Å². The summed E-state index contributed by atoms with van der Waals surface area (Å²) < 4.78 is 2.35. The fraction of sp³-hybridized carbons (Fsp3) is 0.643. The molecule has 0 fully saturated rings. The molecule has 0 aliphatic heterocycles. The van der Waals surface area contributed by atoms with Crippen molar-refractivity contribution in [1.82, 2.24) is 29.3 Å². The largest absolute Gasteiger partial charge is 0.352 e. The second-order valence-corrected chi connectivity index (χ2v) is 5.28. The van der Waals surface area contributed by atoms with Gasteiger partial charge < -0.3 is 4.90 Å². The summed E-state index contributed by atoms with van der Waals surface area (Å²) in [7, 11) is 1.51. The van der Waals surface area contributed by atoms with Gasteiger partial charge in [0.1, 0.15) is 6.33 Å². The zero-order chi connectivity index (χ0) is 16.1. The lowest BCUT2D eigenvalue weighted by Gasteiger charge is -2.21. The second kappa shape index (κ2) is 7.15. The standard InChI is InChI=1S/C14H22N6O2/c1-4-6-8-19(9-7-5-2)13(21)11-12-16-17-18(3)14(22)20(12)10-15-11/h10H,4-9H2,1-3H3. The predicted molar refractivity (Wildman–Crippen MR) is 81.7 cm³/mol. The van der Waals surface area contributed by atoms with E-state index in [1.807, 2.05) is 0 Å². The van der Waals surface area contributed by atoms with Crippen LogP contribution in [0.5, 0.6) is 0 Å². The topological polar surface area (TPSA) is 85.4 Å². The summed E-state index contributed by atoms with van der Waals surface area (Å²) >= 11 is 0. The van der Waals surface area contributed by atoms with E-state index < -0.39 is 0 Å². The third-order valence-electron chi connectivity index (χ3n) is 3.55. The Balaban J connectivity index is 2.33. The minimum Gasteiger partial charge on any atom is -0.337 e. The fourth-order valence-corrected chi connectivity index (χ4v) is 2.19. The summed E-state index contributed by atoms with van der Waals surface area (Å²) in [6, 6.07) is 0. The van der Waals surface area contributed by atoms with Crippen molar-refractivity contribution in [3.63, 3.8) is 0 Å². The van der Waals surface area contributed by atoms with Crippen LogP contribution in [0.15, 0.2) is 11.1 Å². The molecule has 0 aromatic carbocycles. The van der Waals surface area contributed by atoms with Gasteiger partial charge in [-0.25, -0.2) is 14.2 Å². The fourth-order valence-electron chi connectivity index (χ4n) is 2.19. The van der Waals surface area contributed by atoms with Crippen LogP contribution in [-0.4, -0.2) is 48.3 Å². The lowest BCUT2D eigenvalue weighted by Crippen LogP contribution is -2.34. The van der Waals surface area contributed by atoms with Crippen molar-refractivity contribution in [3.05, 3.63) is 22.5 Å². The van der Waals surface area contributed by atoms with Crippen LogP contribution in [-0.2, 0) is 7.05 Å². The molecule has 1 amide bonds. The van der Waals surface area contributed by atoms with Crippen LogP contribution in [0.25, 0.3) is 5.65 Å². The molecule has 8 heteroatoms. The van der Waals surface area contributed by atoms with E-state index in [4.69, 9.17) is 0 Å². The Labute approximate surface area is 128 Å². The number of fused-ring (bicyclic) bond motifs is 1. The Morgan fingerprint density at radius 3 is 2.45 bits per heavy atom. The molecule has 0 aliphatic rings. The molecule has 0 bridgehead atoms. The molecule has 0 atom stereocenters. The number of amides is 1. The van der Waals surface area contributed by atoms with Crippen LogP contribution in [0.3, 0.4) is 0 Å². The van der Waals surface area contributed by atoms with Gasteiger partial charge in [0.15, 0.2) is 11.3 Å². The molecule has 22 heavy (non-hydrogen) atoms. The van der Waals surface area contributed by atoms with Crippen LogP contribution in [0.1, 0.15) is 50.0 Å². The number of aromatic nitrogens is 5. The number of carbonyl (C=O) groups excluding carboxylic acids is 1. The molecule has 2 heterocycles. The summed E-state index contributed by atoms with van der Waals surface area (Å²) in [6.45, 7) is 5.55. The highest BCUT2D eigenvalue weighted by Gasteiger charge is 2.22. The molecule has 0 saturated heterocycles. The molecule has 2 rings (SSSR count). The van der Waals surface area contributed by atoms with E-state index in [9.17, 15) is 9.59 Å². The molecule has 0 spiro atoms. The maximum atomic E-state index is 12.7. The van der Waals surface area contributed by atoms with Crippen molar-refractivity contribution in [2.45, 2.75) is 39.5 Å². The normalized spacial score (nSPS) is 11.0. The zero-order valence-electron chi connectivity index (χ0n) is 13.3. The number of hydrogen-bond acceptors (Lipinski definition) is 5. The summed E-state index contributed by atoms with van der Waals surface area (Å²) in [5.41, 5.74) is 0.0359. The van der Waals surface area contributed by atoms with Gasteiger partial charge in [-0.3, -0.25) is 4.79 Å². The Morgan fingerprint density at radius 2 is 1.86 bits per heavy atom. The van der Waals surface area contributed by atoms with E-state index in [2.05, 4.69) is 29.1 Å². The molecule has 0 aliphatic carbocycles. The second-order valence-electron chi connectivity index (χ2n) is 5.28. The van der Waals surface area contributed by atoms with Crippen molar-refractivity contribution in [2.75, 3.05) is 13.1 Å².